The summed E-state index contributed by atoms with van der Waals surface area (Å²) in [5, 5.41) is 2.52. The van der Waals surface area contributed by atoms with Gasteiger partial charge in [0.2, 0.25) is 5.91 Å². The molecule has 172 valence electrons. The molecule has 0 bridgehead atoms. The molecular formula is C23H28BrN3O4S. The summed E-state index contributed by atoms with van der Waals surface area (Å²) in [6.07, 6.45) is 4.65. The van der Waals surface area contributed by atoms with Gasteiger partial charge in [-0.1, -0.05) is 38.3 Å². The highest BCUT2D eigenvalue weighted by Crippen LogP contribution is 2.26. The predicted octanol–water partition coefficient (Wildman–Crippen LogP) is 4.30. The third-order valence-electron chi connectivity index (χ3n) is 4.52. The molecule has 0 aromatic heterocycles. The number of amides is 2. The fraction of sp³-hybridized carbons (Fsp3) is 0.348. The molecule has 7 nitrogen and oxygen atoms in total. The van der Waals surface area contributed by atoms with E-state index >= 15 is 0 Å². The lowest BCUT2D eigenvalue weighted by atomic mass is 10.1. The first-order valence-corrected chi connectivity index (χ1v) is 11.6. The monoisotopic (exact) mass is 521 g/mol. The highest BCUT2D eigenvalue weighted by molar-refractivity contribution is 9.10. The molecule has 0 unspecified atom stereocenters. The molecule has 0 saturated carbocycles. The molecule has 2 aromatic rings. The average molecular weight is 522 g/mol. The van der Waals surface area contributed by atoms with Crippen LogP contribution in [-0.2, 0) is 11.2 Å². The lowest BCUT2D eigenvalue weighted by Gasteiger charge is -2.12. The van der Waals surface area contributed by atoms with Gasteiger partial charge in [0.05, 0.1) is 24.6 Å². The number of carbonyl (C=O) groups excluding carboxylic acids is 2. The van der Waals surface area contributed by atoms with Gasteiger partial charge in [-0.05, 0) is 70.5 Å². The van der Waals surface area contributed by atoms with E-state index in [0.29, 0.717) is 22.4 Å². The van der Waals surface area contributed by atoms with Gasteiger partial charge in [0.1, 0.15) is 11.5 Å². The number of hydrogen-bond donors (Lipinski definition) is 3. The van der Waals surface area contributed by atoms with E-state index < -0.39 is 5.91 Å². The van der Waals surface area contributed by atoms with Crippen LogP contribution >= 0.6 is 28.1 Å². The summed E-state index contributed by atoms with van der Waals surface area (Å²) in [5.74, 6) is 0.705. The third-order valence-corrected chi connectivity index (χ3v) is 5.34. The fourth-order valence-electron chi connectivity index (χ4n) is 2.78. The molecule has 0 aliphatic carbocycles. The highest BCUT2D eigenvalue weighted by Gasteiger charge is 2.12. The summed E-state index contributed by atoms with van der Waals surface area (Å²) in [7, 11) is 1.58. The number of thiocarbonyl (C=S) groups is 1. The van der Waals surface area contributed by atoms with Crippen LogP contribution in [0.4, 0.5) is 0 Å². The van der Waals surface area contributed by atoms with Crippen LogP contribution in [0.1, 0.15) is 48.5 Å². The van der Waals surface area contributed by atoms with Crippen LogP contribution in [0, 0.1) is 0 Å². The number of benzene rings is 2. The molecule has 0 radical (unpaired) electrons. The van der Waals surface area contributed by atoms with Gasteiger partial charge in [0, 0.05) is 5.56 Å². The molecule has 0 atom stereocenters. The molecule has 3 N–H and O–H groups in total. The summed E-state index contributed by atoms with van der Waals surface area (Å²) < 4.78 is 11.5. The lowest BCUT2D eigenvalue weighted by Crippen LogP contribution is -2.48. The van der Waals surface area contributed by atoms with E-state index in [1.807, 2.05) is 0 Å². The highest BCUT2D eigenvalue weighted by atomic mass is 79.9. The number of unbranched alkanes of at least 4 members (excludes halogenated alkanes) is 3. The van der Waals surface area contributed by atoms with Crippen molar-refractivity contribution in [2.45, 2.75) is 39.0 Å². The van der Waals surface area contributed by atoms with Crippen molar-refractivity contribution in [3.8, 4) is 11.5 Å². The first-order chi connectivity index (χ1) is 15.4. The molecule has 2 rings (SSSR count). The Balaban J connectivity index is 1.76. The number of hydrazine groups is 1. The molecule has 0 saturated heterocycles. The van der Waals surface area contributed by atoms with Crippen molar-refractivity contribution in [1.29, 1.82) is 0 Å². The summed E-state index contributed by atoms with van der Waals surface area (Å²) in [5.41, 5.74) is 6.23. The molecule has 0 aliphatic rings. The first-order valence-electron chi connectivity index (χ1n) is 10.4. The van der Waals surface area contributed by atoms with E-state index in [1.54, 1.807) is 49.6 Å². The van der Waals surface area contributed by atoms with E-state index in [-0.39, 0.29) is 17.4 Å². The number of ether oxygens (including phenoxy) is 2. The summed E-state index contributed by atoms with van der Waals surface area (Å²) in [6, 6.07) is 12.2. The molecule has 0 fully saturated rings. The van der Waals surface area contributed by atoms with Crippen molar-refractivity contribution in [2.24, 2.45) is 0 Å². The minimum atomic E-state index is -0.401. The summed E-state index contributed by atoms with van der Waals surface area (Å²) in [4.78, 5) is 24.5. The largest absolute Gasteiger partial charge is 0.497 e. The van der Waals surface area contributed by atoms with Crippen molar-refractivity contribution < 1.29 is 19.1 Å². The number of rotatable bonds is 10. The van der Waals surface area contributed by atoms with E-state index in [0.717, 1.165) is 24.2 Å². The second-order valence-corrected chi connectivity index (χ2v) is 8.30. The second-order valence-electron chi connectivity index (χ2n) is 7.04. The number of halogens is 1. The standard InChI is InChI=1S/C23H28BrN3O4S/c1-3-4-5-6-13-31-20-12-9-17(15-19(20)24)22(29)25-23(32)27-26-21(28)14-16-7-10-18(30-2)11-8-16/h7-12,15H,3-6,13-14H2,1-2H3,(H,26,28)(H2,25,27,29,32). The van der Waals surface area contributed by atoms with Gasteiger partial charge < -0.3 is 9.47 Å². The van der Waals surface area contributed by atoms with Crippen molar-refractivity contribution in [3.05, 3.63) is 58.1 Å². The molecule has 2 aromatic carbocycles. The maximum absolute atomic E-state index is 12.4. The van der Waals surface area contributed by atoms with Crippen LogP contribution in [0.5, 0.6) is 11.5 Å². The minimum Gasteiger partial charge on any atom is -0.497 e. The smallest absolute Gasteiger partial charge is 0.257 e. The first kappa shape index (κ1) is 25.6. The molecule has 0 heterocycles. The van der Waals surface area contributed by atoms with E-state index in [9.17, 15) is 9.59 Å². The lowest BCUT2D eigenvalue weighted by molar-refractivity contribution is -0.121. The Hall–Kier alpha value is -2.65. The second kappa shape index (κ2) is 13.7. The fourth-order valence-corrected chi connectivity index (χ4v) is 3.41. The van der Waals surface area contributed by atoms with Crippen molar-refractivity contribution >= 4 is 45.1 Å². The normalized spacial score (nSPS) is 10.2. The van der Waals surface area contributed by atoms with Crippen molar-refractivity contribution in [2.75, 3.05) is 13.7 Å². The number of hydrogen-bond acceptors (Lipinski definition) is 5. The number of nitrogens with one attached hydrogen (secondary N) is 3. The Bertz CT molecular complexity index is 922. The Morgan fingerprint density at radius 2 is 1.78 bits per heavy atom. The molecule has 0 spiro atoms. The number of carbonyl (C=O) groups is 2. The van der Waals surface area contributed by atoms with Gasteiger partial charge in [0.15, 0.2) is 5.11 Å². The average Bonchev–Trinajstić information content (AvgIpc) is 2.79. The van der Waals surface area contributed by atoms with Crippen LogP contribution in [0.3, 0.4) is 0 Å². The van der Waals surface area contributed by atoms with E-state index in [2.05, 4.69) is 39.0 Å². The zero-order valence-corrected chi connectivity index (χ0v) is 20.6. The molecule has 0 aliphatic heterocycles. The zero-order valence-electron chi connectivity index (χ0n) is 18.2. The van der Waals surface area contributed by atoms with Gasteiger partial charge in [-0.3, -0.25) is 25.8 Å². The van der Waals surface area contributed by atoms with E-state index in [4.69, 9.17) is 21.7 Å². The van der Waals surface area contributed by atoms with Crippen LogP contribution in [0.2, 0.25) is 0 Å². The summed E-state index contributed by atoms with van der Waals surface area (Å²) in [6.45, 7) is 2.80. The van der Waals surface area contributed by atoms with Gasteiger partial charge in [-0.15, -0.1) is 0 Å². The minimum absolute atomic E-state index is 0.00884. The predicted molar refractivity (Wildman–Crippen MR) is 132 cm³/mol. The van der Waals surface area contributed by atoms with Crippen LogP contribution in [-0.4, -0.2) is 30.6 Å². The van der Waals surface area contributed by atoms with Gasteiger partial charge in [0.25, 0.3) is 5.91 Å². The van der Waals surface area contributed by atoms with Gasteiger partial charge >= 0.3 is 0 Å². The third kappa shape index (κ3) is 8.84. The van der Waals surface area contributed by atoms with Crippen molar-refractivity contribution in [1.82, 2.24) is 16.2 Å². The number of methoxy groups -OCH3 is 1. The Morgan fingerprint density at radius 1 is 1.03 bits per heavy atom. The SMILES string of the molecule is CCCCCCOc1ccc(C(=O)NC(=S)NNC(=O)Cc2ccc(OC)cc2)cc1Br. The quantitative estimate of drug-likeness (QED) is 0.245. The summed E-state index contributed by atoms with van der Waals surface area (Å²) >= 11 is 8.52. The van der Waals surface area contributed by atoms with Crippen LogP contribution < -0.4 is 25.6 Å². The van der Waals surface area contributed by atoms with Crippen LogP contribution in [0.25, 0.3) is 0 Å². The Morgan fingerprint density at radius 3 is 2.44 bits per heavy atom. The maximum Gasteiger partial charge on any atom is 0.257 e. The topological polar surface area (TPSA) is 88.7 Å². The Labute approximate surface area is 202 Å². The van der Waals surface area contributed by atoms with Gasteiger partial charge in [-0.25, -0.2) is 0 Å². The molecule has 9 heteroatoms. The van der Waals surface area contributed by atoms with E-state index in [1.165, 1.54) is 12.8 Å². The molecular weight excluding hydrogens is 494 g/mol. The molecule has 32 heavy (non-hydrogen) atoms. The Kier molecular flexibility index (Phi) is 11.0. The maximum atomic E-state index is 12.4. The van der Waals surface area contributed by atoms with Crippen LogP contribution in [0.15, 0.2) is 46.9 Å². The zero-order chi connectivity index (χ0) is 23.3. The molecule has 2 amide bonds. The van der Waals surface area contributed by atoms with Crippen molar-refractivity contribution in [3.63, 3.8) is 0 Å². The van der Waals surface area contributed by atoms with Gasteiger partial charge in [-0.2, -0.15) is 0 Å².